The van der Waals surface area contributed by atoms with Crippen LogP contribution in [0.4, 0.5) is 26.0 Å². The Balaban J connectivity index is 1.44. The first-order chi connectivity index (χ1) is 17.8. The first-order valence-corrected chi connectivity index (χ1v) is 11.1. The van der Waals surface area contributed by atoms with Gasteiger partial charge in [0.05, 0.1) is 6.21 Å². The minimum Gasteiger partial charge on any atom is -0.435 e. The minimum atomic E-state index is -1.29. The van der Waals surface area contributed by atoms with Crippen molar-refractivity contribution >= 4 is 35.2 Å². The third-order valence-electron chi connectivity index (χ3n) is 5.44. The van der Waals surface area contributed by atoms with Crippen molar-refractivity contribution in [3.05, 3.63) is 78.3 Å². The molecule has 0 unspecified atom stereocenters. The molecule has 190 valence electrons. The smallest absolute Gasteiger partial charge is 0.240 e. The first kappa shape index (κ1) is 25.2. The third kappa shape index (κ3) is 5.86. The molecular weight excluding hydrogens is 486 g/mol. The Morgan fingerprint density at radius 1 is 1.05 bits per heavy atom. The van der Waals surface area contributed by atoms with E-state index in [1.165, 1.54) is 48.9 Å². The van der Waals surface area contributed by atoms with E-state index >= 15 is 0 Å². The number of nitrogens with zero attached hydrogens (tertiary/aromatic N) is 3. The number of anilines is 3. The molecule has 1 fully saturated rings. The molecule has 3 aromatic rings. The van der Waals surface area contributed by atoms with Crippen LogP contribution < -0.4 is 21.1 Å². The zero-order valence-corrected chi connectivity index (χ0v) is 19.6. The maximum absolute atomic E-state index is 14.8. The number of benzene rings is 2. The van der Waals surface area contributed by atoms with Gasteiger partial charge < -0.3 is 25.9 Å². The Hall–Kier alpha value is -4.87. The molecule has 2 aromatic carbocycles. The SMILES string of the molecule is C/C=C/O/N=C/c1c(N)ncnc1Oc1ccc(NC(=O)C2(C(=O)Nc3ccc(F)cc3)CC2)cc1F. The number of carbonyl (C=O) groups excluding carboxylic acids is 2. The van der Waals surface area contributed by atoms with Gasteiger partial charge in [-0.3, -0.25) is 9.59 Å². The summed E-state index contributed by atoms with van der Waals surface area (Å²) in [5, 5.41) is 8.87. The van der Waals surface area contributed by atoms with Crippen molar-refractivity contribution < 1.29 is 27.9 Å². The van der Waals surface area contributed by atoms with Crippen LogP contribution in [0, 0.1) is 17.0 Å². The molecule has 0 saturated heterocycles. The number of nitrogens with one attached hydrogen (secondary N) is 2. The van der Waals surface area contributed by atoms with Gasteiger partial charge in [0, 0.05) is 17.4 Å². The van der Waals surface area contributed by atoms with E-state index in [-0.39, 0.29) is 28.7 Å². The van der Waals surface area contributed by atoms with Crippen molar-refractivity contribution in [3.8, 4) is 11.6 Å². The predicted molar refractivity (Wildman–Crippen MR) is 132 cm³/mol. The topological polar surface area (TPSA) is 141 Å². The third-order valence-corrected chi connectivity index (χ3v) is 5.44. The van der Waals surface area contributed by atoms with Crippen molar-refractivity contribution in [1.29, 1.82) is 0 Å². The van der Waals surface area contributed by atoms with Crippen molar-refractivity contribution in [3.63, 3.8) is 0 Å². The van der Waals surface area contributed by atoms with E-state index in [1.54, 1.807) is 13.0 Å². The van der Waals surface area contributed by atoms with Crippen molar-refractivity contribution in [2.75, 3.05) is 16.4 Å². The van der Waals surface area contributed by atoms with Gasteiger partial charge in [-0.2, -0.15) is 0 Å². The summed E-state index contributed by atoms with van der Waals surface area (Å²) in [6.07, 6.45) is 5.98. The summed E-state index contributed by atoms with van der Waals surface area (Å²) in [4.78, 5) is 38.2. The van der Waals surface area contributed by atoms with Crippen LogP contribution in [0.2, 0.25) is 0 Å². The number of halogens is 2. The Labute approximate surface area is 210 Å². The van der Waals surface area contributed by atoms with Gasteiger partial charge in [-0.25, -0.2) is 18.7 Å². The first-order valence-electron chi connectivity index (χ1n) is 11.1. The molecule has 1 aliphatic carbocycles. The maximum Gasteiger partial charge on any atom is 0.240 e. The molecule has 0 bridgehead atoms. The summed E-state index contributed by atoms with van der Waals surface area (Å²) in [6.45, 7) is 1.74. The van der Waals surface area contributed by atoms with Crippen LogP contribution in [0.3, 0.4) is 0 Å². The number of hydrogen-bond donors (Lipinski definition) is 3. The van der Waals surface area contributed by atoms with Gasteiger partial charge in [0.2, 0.25) is 17.7 Å². The number of amides is 2. The molecule has 10 nitrogen and oxygen atoms in total. The average molecular weight is 508 g/mol. The van der Waals surface area contributed by atoms with Crippen LogP contribution in [0.25, 0.3) is 0 Å². The van der Waals surface area contributed by atoms with Crippen LogP contribution in [0.1, 0.15) is 25.3 Å². The number of hydrogen-bond acceptors (Lipinski definition) is 8. The van der Waals surface area contributed by atoms with E-state index in [2.05, 4.69) is 25.8 Å². The lowest BCUT2D eigenvalue weighted by molar-refractivity contribution is -0.131. The molecule has 0 aliphatic heterocycles. The molecule has 4 rings (SSSR count). The van der Waals surface area contributed by atoms with Crippen molar-refractivity contribution in [2.24, 2.45) is 10.6 Å². The molecule has 37 heavy (non-hydrogen) atoms. The zero-order valence-electron chi connectivity index (χ0n) is 19.6. The summed E-state index contributed by atoms with van der Waals surface area (Å²) in [6, 6.07) is 8.95. The number of aromatic nitrogens is 2. The summed E-state index contributed by atoms with van der Waals surface area (Å²) in [5.74, 6) is -2.58. The van der Waals surface area contributed by atoms with Crippen LogP contribution in [0.5, 0.6) is 11.6 Å². The van der Waals surface area contributed by atoms with Crippen molar-refractivity contribution in [2.45, 2.75) is 19.8 Å². The van der Waals surface area contributed by atoms with E-state index < -0.39 is 28.9 Å². The molecule has 1 heterocycles. The van der Waals surface area contributed by atoms with Crippen LogP contribution in [0.15, 0.2) is 66.3 Å². The fourth-order valence-corrected chi connectivity index (χ4v) is 3.26. The second-order valence-corrected chi connectivity index (χ2v) is 8.03. The number of carbonyl (C=O) groups is 2. The number of ether oxygens (including phenoxy) is 1. The van der Waals surface area contributed by atoms with Gasteiger partial charge in [0.15, 0.2) is 11.6 Å². The largest absolute Gasteiger partial charge is 0.435 e. The fourth-order valence-electron chi connectivity index (χ4n) is 3.26. The van der Waals surface area contributed by atoms with Crippen molar-refractivity contribution in [1.82, 2.24) is 9.97 Å². The van der Waals surface area contributed by atoms with E-state index in [0.717, 1.165) is 12.4 Å². The van der Waals surface area contributed by atoms with Crippen LogP contribution in [-0.2, 0) is 14.4 Å². The monoisotopic (exact) mass is 508 g/mol. The van der Waals surface area contributed by atoms with Gasteiger partial charge in [0.1, 0.15) is 35.2 Å². The average Bonchev–Trinajstić information content (AvgIpc) is 3.69. The second kappa shape index (κ2) is 10.8. The molecule has 2 amide bonds. The number of nitrogens with two attached hydrogens (primary N) is 1. The molecule has 0 atom stereocenters. The lowest BCUT2D eigenvalue weighted by atomic mass is 10.0. The summed E-state index contributed by atoms with van der Waals surface area (Å²) in [5.41, 5.74) is 5.22. The zero-order chi connectivity index (χ0) is 26.4. The molecule has 12 heteroatoms. The normalized spacial score (nSPS) is 13.9. The van der Waals surface area contributed by atoms with Gasteiger partial charge in [-0.1, -0.05) is 5.16 Å². The van der Waals surface area contributed by atoms with Crippen LogP contribution >= 0.6 is 0 Å². The molecule has 4 N–H and O–H groups in total. The Morgan fingerprint density at radius 3 is 2.38 bits per heavy atom. The standard InChI is InChI=1S/C25H22F2N6O4/c1-2-11-36-31-13-18-21(28)29-14-30-22(18)37-20-8-7-17(12-19(20)27)33-24(35)25(9-10-25)23(34)32-16-5-3-15(26)4-6-16/h2-8,11-14H,9-10H2,1H3,(H,32,34)(H,33,35)(H2,28,29,30)/b11-2+,31-13+. The van der Waals surface area contributed by atoms with E-state index in [4.69, 9.17) is 15.3 Å². The minimum absolute atomic E-state index is 0.0377. The highest BCUT2D eigenvalue weighted by Crippen LogP contribution is 2.47. The van der Waals surface area contributed by atoms with E-state index in [1.807, 2.05) is 0 Å². The molecule has 1 aliphatic rings. The Kier molecular flexibility index (Phi) is 7.37. The van der Waals surface area contributed by atoms with Gasteiger partial charge in [0.25, 0.3) is 0 Å². The van der Waals surface area contributed by atoms with Gasteiger partial charge in [-0.15, -0.1) is 0 Å². The number of oxime groups is 1. The van der Waals surface area contributed by atoms with Gasteiger partial charge >= 0.3 is 0 Å². The van der Waals surface area contributed by atoms with Gasteiger partial charge in [-0.05, 0) is 62.2 Å². The molecular formula is C25H22F2N6O4. The summed E-state index contributed by atoms with van der Waals surface area (Å²) in [7, 11) is 0. The molecule has 0 radical (unpaired) electrons. The number of nitrogen functional groups attached to an aromatic ring is 1. The fraction of sp³-hybridized carbons (Fsp3) is 0.160. The van der Waals surface area contributed by atoms with E-state index in [9.17, 15) is 18.4 Å². The maximum atomic E-state index is 14.8. The molecule has 1 saturated carbocycles. The summed E-state index contributed by atoms with van der Waals surface area (Å²) < 4.78 is 33.5. The molecule has 1 aromatic heterocycles. The second-order valence-electron chi connectivity index (χ2n) is 8.03. The summed E-state index contributed by atoms with van der Waals surface area (Å²) >= 11 is 0. The highest BCUT2D eigenvalue weighted by Gasteiger charge is 2.56. The highest BCUT2D eigenvalue weighted by molar-refractivity contribution is 6.16. The van der Waals surface area contributed by atoms with E-state index in [0.29, 0.717) is 18.5 Å². The predicted octanol–water partition coefficient (Wildman–Crippen LogP) is 4.37. The lowest BCUT2D eigenvalue weighted by Gasteiger charge is -2.16. The Bertz CT molecular complexity index is 1370. The Morgan fingerprint density at radius 2 is 1.73 bits per heavy atom. The quantitative estimate of drug-likeness (QED) is 0.169. The highest BCUT2D eigenvalue weighted by atomic mass is 19.1. The lowest BCUT2D eigenvalue weighted by Crippen LogP contribution is -2.35. The van der Waals surface area contributed by atoms with Crippen LogP contribution in [-0.4, -0.2) is 28.0 Å². The molecule has 0 spiro atoms. The number of rotatable bonds is 9. The number of allylic oxidation sites excluding steroid dienone is 1.